The van der Waals surface area contributed by atoms with Crippen LogP contribution in [-0.2, 0) is 4.79 Å². The highest BCUT2D eigenvalue weighted by atomic mass is 16.4. The first kappa shape index (κ1) is 12.1. The molecule has 0 aliphatic carbocycles. The zero-order valence-electron chi connectivity index (χ0n) is 7.56. The molecule has 0 aromatic carbocycles. The van der Waals surface area contributed by atoms with Crippen molar-refractivity contribution in [3.8, 4) is 0 Å². The number of carbonyl (C=O) groups excluding carboxylic acids is 1. The van der Waals surface area contributed by atoms with Crippen molar-refractivity contribution in [1.82, 2.24) is 0 Å². The van der Waals surface area contributed by atoms with E-state index in [1.54, 1.807) is 0 Å². The van der Waals surface area contributed by atoms with Crippen LogP contribution in [0.15, 0.2) is 11.3 Å². The first-order valence-electron chi connectivity index (χ1n) is 3.73. The predicted octanol–water partition coefficient (Wildman–Crippen LogP) is -0.879. The van der Waals surface area contributed by atoms with Crippen molar-refractivity contribution in [3.63, 3.8) is 0 Å². The van der Waals surface area contributed by atoms with Crippen molar-refractivity contribution in [2.45, 2.75) is 25.6 Å². The van der Waals surface area contributed by atoms with Gasteiger partial charge in [-0.05, 0) is 19.4 Å². The van der Waals surface area contributed by atoms with E-state index < -0.39 is 24.1 Å². The van der Waals surface area contributed by atoms with Crippen LogP contribution in [0.2, 0.25) is 0 Å². The van der Waals surface area contributed by atoms with Crippen molar-refractivity contribution >= 4 is 6.29 Å². The molecule has 0 bridgehead atoms. The van der Waals surface area contributed by atoms with E-state index in [1.807, 2.05) is 0 Å². The van der Waals surface area contributed by atoms with Crippen molar-refractivity contribution < 1.29 is 25.2 Å². The molecule has 76 valence electrons. The van der Waals surface area contributed by atoms with Crippen LogP contribution in [0.5, 0.6) is 0 Å². The monoisotopic (exact) mass is 190 g/mol. The number of allylic oxidation sites excluding steroid dienone is 1. The Hall–Kier alpha value is -0.910. The molecule has 0 saturated heterocycles. The van der Waals surface area contributed by atoms with E-state index in [0.717, 1.165) is 0 Å². The van der Waals surface area contributed by atoms with Gasteiger partial charge >= 0.3 is 0 Å². The van der Waals surface area contributed by atoms with Crippen LogP contribution in [0.25, 0.3) is 0 Å². The molecule has 4 N–H and O–H groups in total. The third kappa shape index (κ3) is 2.27. The zero-order chi connectivity index (χ0) is 10.6. The lowest BCUT2D eigenvalue weighted by molar-refractivity contribution is -0.136. The van der Waals surface area contributed by atoms with Crippen LogP contribution in [0.1, 0.15) is 13.8 Å². The van der Waals surface area contributed by atoms with Gasteiger partial charge in [0.25, 0.3) is 0 Å². The normalized spacial score (nSPS) is 17.3. The van der Waals surface area contributed by atoms with Crippen LogP contribution < -0.4 is 0 Å². The van der Waals surface area contributed by atoms with Gasteiger partial charge in [-0.2, -0.15) is 0 Å². The summed E-state index contributed by atoms with van der Waals surface area (Å²) in [6, 6.07) is 0. The molecule has 5 nitrogen and oxygen atoms in total. The minimum absolute atomic E-state index is 0.0510. The Balaban J connectivity index is 5.05. The largest absolute Gasteiger partial charge is 0.509 e. The minimum atomic E-state index is -2.29. The van der Waals surface area contributed by atoms with E-state index >= 15 is 0 Å². The molecule has 2 atom stereocenters. The average Bonchev–Trinajstić information content (AvgIpc) is 2.13. The molecule has 0 aliphatic heterocycles. The molecular weight excluding hydrogens is 176 g/mol. The summed E-state index contributed by atoms with van der Waals surface area (Å²) in [5, 5.41) is 36.6. The summed E-state index contributed by atoms with van der Waals surface area (Å²) >= 11 is 0. The second kappa shape index (κ2) is 4.36. The maximum Gasteiger partial charge on any atom is 0.177 e. The summed E-state index contributed by atoms with van der Waals surface area (Å²) in [5.74, 6) is -0.588. The van der Waals surface area contributed by atoms with E-state index in [9.17, 15) is 15.0 Å². The Morgan fingerprint density at radius 1 is 1.54 bits per heavy atom. The number of aliphatic hydroxyl groups is 4. The Morgan fingerprint density at radius 2 is 2.00 bits per heavy atom. The third-order valence-corrected chi connectivity index (χ3v) is 1.74. The number of hydrogen-bond acceptors (Lipinski definition) is 5. The number of rotatable bonds is 4. The molecule has 0 fully saturated rings. The van der Waals surface area contributed by atoms with Gasteiger partial charge in [-0.15, -0.1) is 0 Å². The van der Waals surface area contributed by atoms with Gasteiger partial charge in [0.15, 0.2) is 11.9 Å². The summed E-state index contributed by atoms with van der Waals surface area (Å²) in [7, 11) is 0. The lowest BCUT2D eigenvalue weighted by Gasteiger charge is -2.27. The van der Waals surface area contributed by atoms with Crippen molar-refractivity contribution in [1.29, 1.82) is 0 Å². The molecule has 0 amide bonds. The van der Waals surface area contributed by atoms with Crippen LogP contribution in [-0.4, -0.2) is 45.0 Å². The minimum Gasteiger partial charge on any atom is -0.509 e. The van der Waals surface area contributed by atoms with E-state index in [2.05, 4.69) is 0 Å². The molecule has 0 aliphatic rings. The van der Waals surface area contributed by atoms with Gasteiger partial charge < -0.3 is 25.2 Å². The van der Waals surface area contributed by atoms with Crippen LogP contribution in [0.3, 0.4) is 0 Å². The molecule has 0 rings (SSSR count). The predicted molar refractivity (Wildman–Crippen MR) is 45.1 cm³/mol. The highest BCUT2D eigenvalue weighted by molar-refractivity contribution is 5.59. The van der Waals surface area contributed by atoms with Gasteiger partial charge in [0.2, 0.25) is 0 Å². The number of hydrogen-bond donors (Lipinski definition) is 4. The number of aldehydes is 1. The smallest absolute Gasteiger partial charge is 0.177 e. The van der Waals surface area contributed by atoms with E-state index in [0.29, 0.717) is 5.57 Å². The summed E-state index contributed by atoms with van der Waals surface area (Å²) < 4.78 is 0. The lowest BCUT2D eigenvalue weighted by Crippen LogP contribution is -2.48. The van der Waals surface area contributed by atoms with Gasteiger partial charge in [0.05, 0.1) is 6.61 Å². The first-order chi connectivity index (χ1) is 5.90. The average molecular weight is 190 g/mol. The molecule has 0 saturated carbocycles. The van der Waals surface area contributed by atoms with Crippen molar-refractivity contribution in [2.75, 3.05) is 6.61 Å². The Labute approximate surface area is 75.9 Å². The number of aliphatic hydroxyl groups excluding tert-OH is 3. The Morgan fingerprint density at radius 3 is 2.23 bits per heavy atom. The van der Waals surface area contributed by atoms with E-state index in [-0.39, 0.29) is 6.29 Å². The van der Waals surface area contributed by atoms with Gasteiger partial charge in [-0.3, -0.25) is 0 Å². The standard InChI is InChI=1S/C8H14O5/c1-5(2)7(12)8(13,4-10)6(11)3-9/h3,6,10-13H,4H2,1-2H3/t6-,8?/m0/s1. The van der Waals surface area contributed by atoms with Crippen LogP contribution in [0, 0.1) is 0 Å². The summed E-state index contributed by atoms with van der Waals surface area (Å²) in [6.07, 6.45) is -1.79. The molecular formula is C8H14O5. The molecule has 13 heavy (non-hydrogen) atoms. The highest BCUT2D eigenvalue weighted by Gasteiger charge is 2.40. The molecule has 5 heteroatoms. The Bertz CT molecular complexity index is 219. The van der Waals surface area contributed by atoms with Gasteiger partial charge in [-0.1, -0.05) is 0 Å². The first-order valence-corrected chi connectivity index (χ1v) is 3.73. The SMILES string of the molecule is CC(C)=C(O)C(O)(CO)[C@@H](O)C=O. The van der Waals surface area contributed by atoms with Crippen molar-refractivity contribution in [3.05, 3.63) is 11.3 Å². The summed E-state index contributed by atoms with van der Waals surface area (Å²) in [4.78, 5) is 10.2. The van der Waals surface area contributed by atoms with Crippen LogP contribution in [0.4, 0.5) is 0 Å². The van der Waals surface area contributed by atoms with E-state index in [4.69, 9.17) is 10.2 Å². The zero-order valence-corrected chi connectivity index (χ0v) is 7.56. The number of carbonyl (C=O) groups is 1. The fraction of sp³-hybridized carbons (Fsp3) is 0.625. The lowest BCUT2D eigenvalue weighted by atomic mass is 9.93. The van der Waals surface area contributed by atoms with Gasteiger partial charge in [0, 0.05) is 0 Å². The molecule has 0 aromatic heterocycles. The second-order valence-corrected chi connectivity index (χ2v) is 3.01. The molecule has 0 radical (unpaired) electrons. The molecule has 1 unspecified atom stereocenters. The van der Waals surface area contributed by atoms with Gasteiger partial charge in [-0.25, -0.2) is 0 Å². The highest BCUT2D eigenvalue weighted by Crippen LogP contribution is 2.20. The maximum absolute atomic E-state index is 10.2. The summed E-state index contributed by atoms with van der Waals surface area (Å²) in [6.45, 7) is 2.03. The second-order valence-electron chi connectivity index (χ2n) is 3.01. The fourth-order valence-corrected chi connectivity index (χ4v) is 0.854. The fourth-order valence-electron chi connectivity index (χ4n) is 0.854. The maximum atomic E-state index is 10.2. The molecule has 0 spiro atoms. The van der Waals surface area contributed by atoms with Crippen LogP contribution >= 0.6 is 0 Å². The summed E-state index contributed by atoms with van der Waals surface area (Å²) in [5.41, 5.74) is -1.97. The Kier molecular flexibility index (Phi) is 4.06. The quantitative estimate of drug-likeness (QED) is 0.341. The topological polar surface area (TPSA) is 98.0 Å². The van der Waals surface area contributed by atoms with Gasteiger partial charge in [0.1, 0.15) is 11.9 Å². The van der Waals surface area contributed by atoms with Crippen molar-refractivity contribution in [2.24, 2.45) is 0 Å². The van der Waals surface area contributed by atoms with E-state index in [1.165, 1.54) is 13.8 Å². The molecule has 0 aromatic rings. The third-order valence-electron chi connectivity index (χ3n) is 1.74. The molecule has 0 heterocycles.